The number of thiophene rings is 1. The summed E-state index contributed by atoms with van der Waals surface area (Å²) < 4.78 is 5.90. The van der Waals surface area contributed by atoms with Crippen LogP contribution in [-0.4, -0.2) is 23.1 Å². The van der Waals surface area contributed by atoms with E-state index in [0.717, 1.165) is 42.4 Å². The molecule has 2 aromatic heterocycles. The van der Waals surface area contributed by atoms with Gasteiger partial charge in [0.15, 0.2) is 0 Å². The Kier molecular flexibility index (Phi) is 3.40. The van der Waals surface area contributed by atoms with Crippen LogP contribution in [0.2, 0.25) is 0 Å². The van der Waals surface area contributed by atoms with Gasteiger partial charge in [-0.25, -0.2) is 9.97 Å². The average molecular weight is 337 g/mol. The number of anilines is 1. The maximum Gasteiger partial charge on any atom is 0.138 e. The molecule has 4 nitrogen and oxygen atoms in total. The van der Waals surface area contributed by atoms with Crippen LogP contribution >= 0.6 is 11.3 Å². The van der Waals surface area contributed by atoms with Gasteiger partial charge in [-0.3, -0.25) is 0 Å². The van der Waals surface area contributed by atoms with Gasteiger partial charge in [0.05, 0.1) is 12.0 Å². The maximum atomic E-state index is 5.90. The zero-order chi connectivity index (χ0) is 15.9. The highest BCUT2D eigenvalue weighted by atomic mass is 32.1. The molecular weight excluding hydrogens is 318 g/mol. The van der Waals surface area contributed by atoms with Crippen LogP contribution in [0, 0.1) is 5.92 Å². The summed E-state index contributed by atoms with van der Waals surface area (Å²) in [5, 5.41) is 4.84. The van der Waals surface area contributed by atoms with Crippen molar-refractivity contribution in [2.45, 2.75) is 25.7 Å². The maximum absolute atomic E-state index is 5.90. The number of fused-ring (bicyclic) bond motifs is 4. The van der Waals surface area contributed by atoms with Crippen LogP contribution in [-0.2, 0) is 19.3 Å². The van der Waals surface area contributed by atoms with E-state index < -0.39 is 0 Å². The van der Waals surface area contributed by atoms with Crippen molar-refractivity contribution in [1.82, 2.24) is 9.97 Å². The van der Waals surface area contributed by atoms with Gasteiger partial charge in [0.1, 0.15) is 22.7 Å². The molecule has 1 N–H and O–H groups in total. The first-order valence-corrected chi connectivity index (χ1v) is 9.40. The molecule has 1 aliphatic heterocycles. The molecule has 0 fully saturated rings. The van der Waals surface area contributed by atoms with E-state index in [4.69, 9.17) is 4.74 Å². The van der Waals surface area contributed by atoms with Gasteiger partial charge in [0.25, 0.3) is 0 Å². The molecule has 5 heteroatoms. The highest BCUT2D eigenvalue weighted by Gasteiger charge is 2.23. The van der Waals surface area contributed by atoms with Crippen molar-refractivity contribution in [2.24, 2.45) is 5.92 Å². The second-order valence-corrected chi connectivity index (χ2v) is 7.71. The lowest BCUT2D eigenvalue weighted by molar-refractivity contribution is 0.229. The van der Waals surface area contributed by atoms with Crippen molar-refractivity contribution in [3.8, 4) is 5.75 Å². The Balaban J connectivity index is 1.37. The van der Waals surface area contributed by atoms with E-state index in [0.29, 0.717) is 5.92 Å². The number of aryl methyl sites for hydroxylation is 2. The summed E-state index contributed by atoms with van der Waals surface area (Å²) in [7, 11) is 0. The lowest BCUT2D eigenvalue weighted by atomic mass is 9.97. The summed E-state index contributed by atoms with van der Waals surface area (Å²) in [6.45, 7) is 1.64. The first-order chi connectivity index (χ1) is 11.9. The van der Waals surface area contributed by atoms with Gasteiger partial charge >= 0.3 is 0 Å². The van der Waals surface area contributed by atoms with E-state index >= 15 is 0 Å². The molecule has 0 saturated heterocycles. The molecule has 5 rings (SSSR count). The van der Waals surface area contributed by atoms with Gasteiger partial charge in [-0.2, -0.15) is 0 Å². The van der Waals surface area contributed by atoms with E-state index in [2.05, 4.69) is 33.5 Å². The molecule has 3 heterocycles. The third kappa shape index (κ3) is 2.35. The predicted molar refractivity (Wildman–Crippen MR) is 97.1 cm³/mol. The quantitative estimate of drug-likeness (QED) is 0.789. The summed E-state index contributed by atoms with van der Waals surface area (Å²) in [5.41, 5.74) is 2.78. The number of benzene rings is 1. The van der Waals surface area contributed by atoms with Gasteiger partial charge in [0, 0.05) is 17.3 Å². The average Bonchev–Trinajstić information content (AvgIpc) is 3.20. The fourth-order valence-corrected chi connectivity index (χ4v) is 5.05. The van der Waals surface area contributed by atoms with Gasteiger partial charge in [-0.05, 0) is 42.9 Å². The highest BCUT2D eigenvalue weighted by molar-refractivity contribution is 7.19. The molecule has 122 valence electrons. The minimum absolute atomic E-state index is 0.469. The SMILES string of the molecule is c1ccc2c(c1)CC(CNc1ncnc3sc4c(c13)CCC4)CO2. The molecule has 1 unspecified atom stereocenters. The van der Waals surface area contributed by atoms with Crippen molar-refractivity contribution in [3.05, 3.63) is 46.6 Å². The van der Waals surface area contributed by atoms with E-state index in [9.17, 15) is 0 Å². The van der Waals surface area contributed by atoms with Crippen molar-refractivity contribution < 1.29 is 4.74 Å². The van der Waals surface area contributed by atoms with E-state index in [1.807, 2.05) is 17.4 Å². The van der Waals surface area contributed by atoms with Crippen LogP contribution in [0.3, 0.4) is 0 Å². The second-order valence-electron chi connectivity index (χ2n) is 6.63. The molecule has 0 saturated carbocycles. The van der Waals surface area contributed by atoms with Crippen LogP contribution in [0.5, 0.6) is 5.75 Å². The number of nitrogens with zero attached hydrogens (tertiary/aromatic N) is 2. The van der Waals surface area contributed by atoms with E-state index in [-0.39, 0.29) is 0 Å². The third-order valence-electron chi connectivity index (χ3n) is 5.02. The van der Waals surface area contributed by atoms with Crippen LogP contribution in [0.1, 0.15) is 22.4 Å². The topological polar surface area (TPSA) is 47.0 Å². The molecule has 24 heavy (non-hydrogen) atoms. The largest absolute Gasteiger partial charge is 0.493 e. The number of ether oxygens (including phenoxy) is 1. The Morgan fingerprint density at radius 2 is 2.17 bits per heavy atom. The normalized spacial score (nSPS) is 18.9. The Labute approximate surface area is 144 Å². The summed E-state index contributed by atoms with van der Waals surface area (Å²) in [6, 6.07) is 8.34. The molecule has 2 aliphatic rings. The smallest absolute Gasteiger partial charge is 0.138 e. The minimum Gasteiger partial charge on any atom is -0.493 e. The van der Waals surface area contributed by atoms with Gasteiger partial charge in [0.2, 0.25) is 0 Å². The second kappa shape index (κ2) is 5.74. The minimum atomic E-state index is 0.469. The van der Waals surface area contributed by atoms with Crippen molar-refractivity contribution in [2.75, 3.05) is 18.5 Å². The molecule has 1 atom stereocenters. The summed E-state index contributed by atoms with van der Waals surface area (Å²) in [4.78, 5) is 11.6. The number of hydrogen-bond donors (Lipinski definition) is 1. The number of rotatable bonds is 3. The molecule has 0 amide bonds. The molecule has 1 aromatic carbocycles. The Hall–Kier alpha value is -2.14. The van der Waals surface area contributed by atoms with E-state index in [1.165, 1.54) is 34.2 Å². The Morgan fingerprint density at radius 1 is 1.21 bits per heavy atom. The standard InChI is InChI=1S/C19H19N3OS/c1-2-6-15-13(4-1)8-12(10-23-15)9-20-18-17-14-5-3-7-16(14)24-19(17)22-11-21-18/h1-2,4,6,11-12H,3,5,7-10H2,(H,20,21,22). The predicted octanol–water partition coefficient (Wildman–Crippen LogP) is 3.84. The molecule has 1 aliphatic carbocycles. The van der Waals surface area contributed by atoms with Gasteiger partial charge < -0.3 is 10.1 Å². The van der Waals surface area contributed by atoms with Gasteiger partial charge in [-0.1, -0.05) is 18.2 Å². The lowest BCUT2D eigenvalue weighted by Gasteiger charge is -2.25. The molecule has 0 bridgehead atoms. The zero-order valence-electron chi connectivity index (χ0n) is 13.4. The van der Waals surface area contributed by atoms with Gasteiger partial charge in [-0.15, -0.1) is 11.3 Å². The number of hydrogen-bond acceptors (Lipinski definition) is 5. The Bertz CT molecular complexity index is 905. The van der Waals surface area contributed by atoms with Crippen LogP contribution in [0.15, 0.2) is 30.6 Å². The first kappa shape index (κ1) is 14.2. The number of para-hydroxylation sites is 1. The summed E-state index contributed by atoms with van der Waals surface area (Å²) >= 11 is 1.84. The van der Waals surface area contributed by atoms with Crippen molar-refractivity contribution in [3.63, 3.8) is 0 Å². The lowest BCUT2D eigenvalue weighted by Crippen LogP contribution is -2.27. The van der Waals surface area contributed by atoms with Crippen LogP contribution < -0.4 is 10.1 Å². The summed E-state index contributed by atoms with van der Waals surface area (Å²) in [6.07, 6.45) is 6.36. The first-order valence-electron chi connectivity index (χ1n) is 8.58. The van der Waals surface area contributed by atoms with E-state index in [1.54, 1.807) is 6.33 Å². The molecule has 0 spiro atoms. The molecule has 3 aromatic rings. The zero-order valence-corrected chi connectivity index (χ0v) is 14.2. The number of aromatic nitrogens is 2. The molecular formula is C19H19N3OS. The fourth-order valence-electron chi connectivity index (χ4n) is 3.83. The molecule has 0 radical (unpaired) electrons. The monoisotopic (exact) mass is 337 g/mol. The van der Waals surface area contributed by atoms with Crippen molar-refractivity contribution in [1.29, 1.82) is 0 Å². The van der Waals surface area contributed by atoms with Crippen LogP contribution in [0.25, 0.3) is 10.2 Å². The summed E-state index contributed by atoms with van der Waals surface area (Å²) in [5.74, 6) is 2.50. The third-order valence-corrected chi connectivity index (χ3v) is 6.22. The number of nitrogens with one attached hydrogen (secondary N) is 1. The fraction of sp³-hybridized carbons (Fsp3) is 0.368. The Morgan fingerprint density at radius 3 is 3.17 bits per heavy atom. The van der Waals surface area contributed by atoms with Crippen molar-refractivity contribution >= 4 is 27.4 Å². The van der Waals surface area contributed by atoms with Crippen LogP contribution in [0.4, 0.5) is 5.82 Å². The highest BCUT2D eigenvalue weighted by Crippen LogP contribution is 2.39.